The van der Waals surface area contributed by atoms with Gasteiger partial charge in [-0.15, -0.1) is 0 Å². The number of rotatable bonds is 6. The van der Waals surface area contributed by atoms with E-state index in [9.17, 15) is 14.4 Å². The Balaban J connectivity index is 2.47. The number of aliphatic carboxylic acids is 1. The summed E-state index contributed by atoms with van der Waals surface area (Å²) in [5.41, 5.74) is 5.01. The van der Waals surface area contributed by atoms with Crippen molar-refractivity contribution in [2.24, 2.45) is 17.6 Å². The Labute approximate surface area is 118 Å². The monoisotopic (exact) mass is 285 g/mol. The Bertz CT molecular complexity index is 357. The summed E-state index contributed by atoms with van der Waals surface area (Å²) in [6, 6.07) is -0.552. The maximum absolute atomic E-state index is 11.9. The average Bonchev–Trinajstić information content (AvgIpc) is 2.35. The van der Waals surface area contributed by atoms with E-state index in [-0.39, 0.29) is 0 Å². The van der Waals surface area contributed by atoms with E-state index in [0.717, 1.165) is 24.2 Å². The maximum Gasteiger partial charge on any atom is 0.323 e. The predicted molar refractivity (Wildman–Crippen MR) is 72.9 cm³/mol. The second kappa shape index (κ2) is 7.72. The third-order valence-electron chi connectivity index (χ3n) is 3.76. The summed E-state index contributed by atoms with van der Waals surface area (Å²) in [6.07, 6.45) is 4.60. The molecule has 0 aromatic heterocycles. The van der Waals surface area contributed by atoms with Gasteiger partial charge >= 0.3 is 12.0 Å². The van der Waals surface area contributed by atoms with Crippen molar-refractivity contribution in [1.29, 1.82) is 0 Å². The Kier molecular flexibility index (Phi) is 6.27. The first-order valence-corrected chi connectivity index (χ1v) is 6.93. The summed E-state index contributed by atoms with van der Waals surface area (Å²) < 4.78 is 0. The van der Waals surface area contributed by atoms with Gasteiger partial charge in [0, 0.05) is 6.54 Å². The molecule has 1 fully saturated rings. The van der Waals surface area contributed by atoms with Crippen LogP contribution < -0.4 is 11.1 Å². The van der Waals surface area contributed by atoms with Crippen molar-refractivity contribution in [3.05, 3.63) is 0 Å². The van der Waals surface area contributed by atoms with Crippen LogP contribution in [0.4, 0.5) is 4.79 Å². The molecule has 2 atom stereocenters. The third-order valence-corrected chi connectivity index (χ3v) is 3.76. The van der Waals surface area contributed by atoms with Crippen molar-refractivity contribution in [2.75, 3.05) is 19.6 Å². The zero-order valence-corrected chi connectivity index (χ0v) is 11.8. The first-order chi connectivity index (χ1) is 9.40. The minimum absolute atomic E-state index is 0.391. The minimum atomic E-state index is -1.17. The van der Waals surface area contributed by atoms with Crippen molar-refractivity contribution in [3.63, 3.8) is 0 Å². The Hall–Kier alpha value is -1.79. The van der Waals surface area contributed by atoms with E-state index in [4.69, 9.17) is 10.8 Å². The number of amides is 3. The fraction of sp³-hybridized carbons (Fsp3) is 0.769. The molecule has 2 unspecified atom stereocenters. The van der Waals surface area contributed by atoms with E-state index in [2.05, 4.69) is 12.2 Å². The summed E-state index contributed by atoms with van der Waals surface area (Å²) >= 11 is 0. The molecule has 7 nitrogen and oxygen atoms in total. The zero-order chi connectivity index (χ0) is 15.1. The van der Waals surface area contributed by atoms with E-state index in [1.807, 2.05) is 0 Å². The van der Waals surface area contributed by atoms with Gasteiger partial charge in [0.1, 0.15) is 13.1 Å². The van der Waals surface area contributed by atoms with Crippen LogP contribution >= 0.6 is 0 Å². The number of urea groups is 1. The lowest BCUT2D eigenvalue weighted by Gasteiger charge is -2.29. The molecule has 114 valence electrons. The highest BCUT2D eigenvalue weighted by atomic mass is 16.4. The van der Waals surface area contributed by atoms with E-state index >= 15 is 0 Å². The molecule has 4 N–H and O–H groups in total. The summed E-state index contributed by atoms with van der Waals surface area (Å²) in [4.78, 5) is 34.4. The van der Waals surface area contributed by atoms with Crippen LogP contribution in [-0.4, -0.2) is 47.5 Å². The van der Waals surface area contributed by atoms with Gasteiger partial charge in [0.15, 0.2) is 0 Å². The largest absolute Gasteiger partial charge is 0.480 e. The van der Waals surface area contributed by atoms with Gasteiger partial charge in [0.2, 0.25) is 5.91 Å². The van der Waals surface area contributed by atoms with Gasteiger partial charge in [-0.1, -0.05) is 26.2 Å². The van der Waals surface area contributed by atoms with Gasteiger partial charge < -0.3 is 21.1 Å². The molecule has 0 bridgehead atoms. The van der Waals surface area contributed by atoms with Crippen molar-refractivity contribution < 1.29 is 19.5 Å². The fourth-order valence-corrected chi connectivity index (χ4v) is 2.58. The maximum atomic E-state index is 11.9. The third kappa shape index (κ3) is 5.46. The highest BCUT2D eigenvalue weighted by Crippen LogP contribution is 2.28. The average molecular weight is 285 g/mol. The standard InChI is InChI=1S/C13H23N3O4/c1-9-4-2-3-5-10(9)6-15-13(20)16(7-11(14)17)8-12(18)19/h9-10H,2-8H2,1H3,(H2,14,17)(H,15,20)(H,18,19). The molecular formula is C13H23N3O4. The highest BCUT2D eigenvalue weighted by molar-refractivity contribution is 5.85. The van der Waals surface area contributed by atoms with E-state index in [0.29, 0.717) is 18.4 Å². The molecule has 0 aliphatic heterocycles. The lowest BCUT2D eigenvalue weighted by molar-refractivity contribution is -0.137. The van der Waals surface area contributed by atoms with Gasteiger partial charge in [-0.3, -0.25) is 9.59 Å². The number of hydrogen-bond donors (Lipinski definition) is 3. The van der Waals surface area contributed by atoms with Gasteiger partial charge in [-0.2, -0.15) is 0 Å². The van der Waals surface area contributed by atoms with Crippen LogP contribution in [0.15, 0.2) is 0 Å². The number of nitrogens with two attached hydrogens (primary N) is 1. The molecule has 3 amide bonds. The predicted octanol–water partition coefficient (Wildman–Crippen LogP) is 0.394. The van der Waals surface area contributed by atoms with Crippen LogP contribution in [0, 0.1) is 11.8 Å². The highest BCUT2D eigenvalue weighted by Gasteiger charge is 2.24. The van der Waals surface area contributed by atoms with Crippen molar-refractivity contribution in [1.82, 2.24) is 10.2 Å². The summed E-state index contributed by atoms with van der Waals surface area (Å²) in [5, 5.41) is 11.4. The summed E-state index contributed by atoms with van der Waals surface area (Å²) in [5.74, 6) is -0.944. The molecule has 1 aliphatic rings. The smallest absolute Gasteiger partial charge is 0.323 e. The molecule has 0 radical (unpaired) electrons. The number of hydrogen-bond acceptors (Lipinski definition) is 3. The molecule has 0 saturated heterocycles. The zero-order valence-electron chi connectivity index (χ0n) is 11.8. The molecule has 0 heterocycles. The van der Waals surface area contributed by atoms with Crippen molar-refractivity contribution in [3.8, 4) is 0 Å². The van der Waals surface area contributed by atoms with E-state index < -0.39 is 31.0 Å². The Morgan fingerprint density at radius 2 is 1.90 bits per heavy atom. The molecule has 1 saturated carbocycles. The second-order valence-corrected chi connectivity index (χ2v) is 5.42. The Morgan fingerprint density at radius 3 is 2.45 bits per heavy atom. The number of carbonyl (C=O) groups excluding carboxylic acids is 2. The van der Waals surface area contributed by atoms with Gasteiger partial charge in [-0.05, 0) is 18.3 Å². The van der Waals surface area contributed by atoms with Crippen LogP contribution in [0.5, 0.6) is 0 Å². The first kappa shape index (κ1) is 16.3. The Morgan fingerprint density at radius 1 is 1.25 bits per heavy atom. The van der Waals surface area contributed by atoms with Crippen LogP contribution in [0.2, 0.25) is 0 Å². The number of primary amides is 1. The quantitative estimate of drug-likeness (QED) is 0.655. The lowest BCUT2D eigenvalue weighted by atomic mass is 9.80. The molecule has 0 spiro atoms. The van der Waals surface area contributed by atoms with Crippen LogP contribution in [0.25, 0.3) is 0 Å². The molecule has 20 heavy (non-hydrogen) atoms. The number of nitrogens with zero attached hydrogens (tertiary/aromatic N) is 1. The molecule has 1 aliphatic carbocycles. The van der Waals surface area contributed by atoms with E-state index in [1.54, 1.807) is 0 Å². The molecule has 0 aromatic rings. The number of carbonyl (C=O) groups is 3. The first-order valence-electron chi connectivity index (χ1n) is 6.93. The number of nitrogens with one attached hydrogen (secondary N) is 1. The number of carboxylic acids is 1. The molecule has 0 aromatic carbocycles. The second-order valence-electron chi connectivity index (χ2n) is 5.42. The summed E-state index contributed by atoms with van der Waals surface area (Å²) in [6.45, 7) is 1.75. The normalized spacial score (nSPS) is 22.1. The van der Waals surface area contributed by atoms with Crippen LogP contribution in [0.1, 0.15) is 32.6 Å². The van der Waals surface area contributed by atoms with Crippen molar-refractivity contribution >= 4 is 17.9 Å². The molecular weight excluding hydrogens is 262 g/mol. The lowest BCUT2D eigenvalue weighted by Crippen LogP contribution is -2.48. The van der Waals surface area contributed by atoms with Gasteiger partial charge in [0.25, 0.3) is 0 Å². The van der Waals surface area contributed by atoms with Gasteiger partial charge in [-0.25, -0.2) is 4.79 Å². The summed E-state index contributed by atoms with van der Waals surface area (Å²) in [7, 11) is 0. The topological polar surface area (TPSA) is 113 Å². The SMILES string of the molecule is CC1CCCCC1CNC(=O)N(CC(N)=O)CC(=O)O. The fourth-order valence-electron chi connectivity index (χ4n) is 2.58. The molecule has 1 rings (SSSR count). The van der Waals surface area contributed by atoms with Crippen molar-refractivity contribution in [2.45, 2.75) is 32.6 Å². The van der Waals surface area contributed by atoms with Gasteiger partial charge in [0.05, 0.1) is 0 Å². The molecule has 7 heteroatoms. The van der Waals surface area contributed by atoms with Crippen LogP contribution in [0.3, 0.4) is 0 Å². The van der Waals surface area contributed by atoms with Crippen LogP contribution in [-0.2, 0) is 9.59 Å². The van der Waals surface area contributed by atoms with E-state index in [1.165, 1.54) is 6.42 Å². The minimum Gasteiger partial charge on any atom is -0.480 e. The number of carboxylic acid groups (broad SMARTS) is 1.